The van der Waals surface area contributed by atoms with Crippen LogP contribution in [0.3, 0.4) is 0 Å². The number of aromatic amines is 1. The van der Waals surface area contributed by atoms with Crippen molar-refractivity contribution in [2.75, 3.05) is 0 Å². The third-order valence-electron chi connectivity index (χ3n) is 1.90. The average molecular weight is 177 g/mol. The lowest BCUT2D eigenvalue weighted by Crippen LogP contribution is -1.92. The Labute approximate surface area is 75.7 Å². The van der Waals surface area contributed by atoms with Crippen LogP contribution >= 0.6 is 0 Å². The Kier molecular flexibility index (Phi) is 1.77. The van der Waals surface area contributed by atoms with Crippen molar-refractivity contribution in [1.82, 2.24) is 15.0 Å². The number of hydrogen-bond donors (Lipinski definition) is 2. The van der Waals surface area contributed by atoms with Gasteiger partial charge < -0.3 is 10.1 Å². The van der Waals surface area contributed by atoms with E-state index in [-0.39, 0.29) is 0 Å². The summed E-state index contributed by atoms with van der Waals surface area (Å²) in [5.41, 5.74) is 2.45. The van der Waals surface area contributed by atoms with Crippen molar-refractivity contribution < 1.29 is 5.11 Å². The number of imidazole rings is 1. The Hall–Kier alpha value is -1.42. The van der Waals surface area contributed by atoms with E-state index in [4.69, 9.17) is 0 Å². The molecule has 13 heavy (non-hydrogen) atoms. The van der Waals surface area contributed by atoms with Crippen molar-refractivity contribution in [2.24, 2.45) is 0 Å². The molecule has 0 aliphatic rings. The molecule has 2 rings (SSSR count). The minimum atomic E-state index is -0.575. The standard InChI is InChI=1S/C9H11N3O/c1-5-3-4-7-9(10-5)12-8(11-7)6(2)13/h3-4,6,13H,1-2H3,(H,10,11,12). The fourth-order valence-corrected chi connectivity index (χ4v) is 1.20. The number of nitrogens with one attached hydrogen (secondary N) is 1. The van der Waals surface area contributed by atoms with Gasteiger partial charge >= 0.3 is 0 Å². The molecule has 2 heterocycles. The second-order valence-electron chi connectivity index (χ2n) is 3.12. The van der Waals surface area contributed by atoms with Gasteiger partial charge in [-0.3, -0.25) is 0 Å². The van der Waals surface area contributed by atoms with E-state index in [1.165, 1.54) is 0 Å². The molecule has 2 N–H and O–H groups in total. The summed E-state index contributed by atoms with van der Waals surface area (Å²) in [6.45, 7) is 3.58. The summed E-state index contributed by atoms with van der Waals surface area (Å²) >= 11 is 0. The van der Waals surface area contributed by atoms with Gasteiger partial charge in [-0.1, -0.05) is 0 Å². The summed E-state index contributed by atoms with van der Waals surface area (Å²) in [5.74, 6) is 0.563. The van der Waals surface area contributed by atoms with Crippen LogP contribution in [-0.4, -0.2) is 20.1 Å². The molecule has 1 unspecified atom stereocenters. The van der Waals surface area contributed by atoms with Gasteiger partial charge in [-0.15, -0.1) is 0 Å². The Morgan fingerprint density at radius 3 is 2.85 bits per heavy atom. The zero-order chi connectivity index (χ0) is 9.42. The molecule has 0 spiro atoms. The lowest BCUT2D eigenvalue weighted by Gasteiger charge is -1.94. The van der Waals surface area contributed by atoms with Gasteiger partial charge in [-0.05, 0) is 26.0 Å². The summed E-state index contributed by atoms with van der Waals surface area (Å²) in [7, 11) is 0. The van der Waals surface area contributed by atoms with E-state index < -0.39 is 6.10 Å². The third-order valence-corrected chi connectivity index (χ3v) is 1.90. The largest absolute Gasteiger partial charge is 0.385 e. The van der Waals surface area contributed by atoms with E-state index in [0.717, 1.165) is 11.2 Å². The van der Waals surface area contributed by atoms with Crippen molar-refractivity contribution in [2.45, 2.75) is 20.0 Å². The highest BCUT2D eigenvalue weighted by molar-refractivity contribution is 5.70. The normalized spacial score (nSPS) is 13.5. The fourth-order valence-electron chi connectivity index (χ4n) is 1.20. The smallest absolute Gasteiger partial charge is 0.178 e. The van der Waals surface area contributed by atoms with Gasteiger partial charge in [0, 0.05) is 5.69 Å². The summed E-state index contributed by atoms with van der Waals surface area (Å²) in [4.78, 5) is 11.4. The Morgan fingerprint density at radius 1 is 1.38 bits per heavy atom. The van der Waals surface area contributed by atoms with Crippen molar-refractivity contribution in [3.8, 4) is 0 Å². The van der Waals surface area contributed by atoms with E-state index in [0.29, 0.717) is 11.5 Å². The summed E-state index contributed by atoms with van der Waals surface area (Å²) in [6, 6.07) is 3.82. The van der Waals surface area contributed by atoms with Crippen molar-refractivity contribution in [1.29, 1.82) is 0 Å². The SMILES string of the molecule is Cc1ccc2[nH]c(C(C)O)nc2n1. The number of nitrogens with zero attached hydrogens (tertiary/aromatic N) is 2. The predicted molar refractivity (Wildman–Crippen MR) is 49.3 cm³/mol. The summed E-state index contributed by atoms with van der Waals surface area (Å²) in [5, 5.41) is 9.27. The first kappa shape index (κ1) is 8.19. The van der Waals surface area contributed by atoms with Crippen LogP contribution in [0.5, 0.6) is 0 Å². The van der Waals surface area contributed by atoms with Gasteiger partial charge in [0.2, 0.25) is 0 Å². The van der Waals surface area contributed by atoms with E-state index in [1.54, 1.807) is 6.92 Å². The lowest BCUT2D eigenvalue weighted by molar-refractivity contribution is 0.190. The monoisotopic (exact) mass is 177 g/mol. The molecular weight excluding hydrogens is 166 g/mol. The topological polar surface area (TPSA) is 61.8 Å². The van der Waals surface area contributed by atoms with Crippen LogP contribution in [0.1, 0.15) is 24.5 Å². The number of H-pyrrole nitrogens is 1. The zero-order valence-electron chi connectivity index (χ0n) is 7.57. The van der Waals surface area contributed by atoms with Crippen LogP contribution in [0, 0.1) is 6.92 Å². The number of hydrogen-bond acceptors (Lipinski definition) is 3. The van der Waals surface area contributed by atoms with Crippen molar-refractivity contribution >= 4 is 11.2 Å². The van der Waals surface area contributed by atoms with Gasteiger partial charge in [-0.2, -0.15) is 0 Å². The number of fused-ring (bicyclic) bond motifs is 1. The Bertz CT molecular complexity index is 433. The Morgan fingerprint density at radius 2 is 2.15 bits per heavy atom. The highest BCUT2D eigenvalue weighted by atomic mass is 16.3. The first-order valence-electron chi connectivity index (χ1n) is 4.18. The molecule has 0 saturated heterocycles. The van der Waals surface area contributed by atoms with E-state index in [2.05, 4.69) is 15.0 Å². The number of aryl methyl sites for hydroxylation is 1. The molecule has 0 aliphatic heterocycles. The average Bonchev–Trinajstić information content (AvgIpc) is 2.46. The van der Waals surface area contributed by atoms with Crippen LogP contribution in [0.15, 0.2) is 12.1 Å². The molecule has 4 nitrogen and oxygen atoms in total. The molecule has 0 aromatic carbocycles. The molecule has 4 heteroatoms. The predicted octanol–water partition coefficient (Wildman–Crippen LogP) is 1.32. The molecule has 2 aromatic heterocycles. The molecule has 0 saturated carbocycles. The second-order valence-corrected chi connectivity index (χ2v) is 3.12. The molecule has 1 atom stereocenters. The fraction of sp³-hybridized carbons (Fsp3) is 0.333. The first-order valence-corrected chi connectivity index (χ1v) is 4.18. The van der Waals surface area contributed by atoms with Crippen LogP contribution < -0.4 is 0 Å². The van der Waals surface area contributed by atoms with Crippen LogP contribution in [0.25, 0.3) is 11.2 Å². The molecular formula is C9H11N3O. The second kappa shape index (κ2) is 2.81. The van der Waals surface area contributed by atoms with E-state index >= 15 is 0 Å². The van der Waals surface area contributed by atoms with Gasteiger partial charge in [0.15, 0.2) is 5.65 Å². The highest BCUT2D eigenvalue weighted by Gasteiger charge is 2.07. The minimum absolute atomic E-state index is 0.563. The summed E-state index contributed by atoms with van der Waals surface area (Å²) in [6.07, 6.45) is -0.575. The molecule has 0 amide bonds. The zero-order valence-corrected chi connectivity index (χ0v) is 7.57. The van der Waals surface area contributed by atoms with Gasteiger partial charge in [0.25, 0.3) is 0 Å². The van der Waals surface area contributed by atoms with Crippen molar-refractivity contribution in [3.63, 3.8) is 0 Å². The first-order chi connectivity index (χ1) is 6.16. The molecule has 0 radical (unpaired) electrons. The third kappa shape index (κ3) is 1.40. The van der Waals surface area contributed by atoms with Gasteiger partial charge in [0.05, 0.1) is 5.52 Å². The number of pyridine rings is 1. The minimum Gasteiger partial charge on any atom is -0.385 e. The van der Waals surface area contributed by atoms with Gasteiger partial charge in [-0.25, -0.2) is 9.97 Å². The van der Waals surface area contributed by atoms with Crippen molar-refractivity contribution in [3.05, 3.63) is 23.7 Å². The molecule has 0 aliphatic carbocycles. The van der Waals surface area contributed by atoms with E-state index in [1.807, 2.05) is 19.1 Å². The van der Waals surface area contributed by atoms with Gasteiger partial charge in [0.1, 0.15) is 11.9 Å². The maximum atomic E-state index is 9.27. The number of rotatable bonds is 1. The summed E-state index contributed by atoms with van der Waals surface area (Å²) < 4.78 is 0. The maximum Gasteiger partial charge on any atom is 0.178 e. The van der Waals surface area contributed by atoms with Crippen LogP contribution in [0.4, 0.5) is 0 Å². The lowest BCUT2D eigenvalue weighted by atomic mass is 10.3. The molecule has 68 valence electrons. The maximum absolute atomic E-state index is 9.27. The quantitative estimate of drug-likeness (QED) is 0.690. The van der Waals surface area contributed by atoms with E-state index in [9.17, 15) is 5.11 Å². The van der Waals surface area contributed by atoms with Crippen LogP contribution in [-0.2, 0) is 0 Å². The van der Waals surface area contributed by atoms with Crippen LogP contribution in [0.2, 0.25) is 0 Å². The Balaban J connectivity index is 2.62. The number of aromatic nitrogens is 3. The molecule has 2 aromatic rings. The molecule has 0 fully saturated rings. The number of aliphatic hydroxyl groups is 1. The molecule has 0 bridgehead atoms. The number of aliphatic hydroxyl groups excluding tert-OH is 1. The highest BCUT2D eigenvalue weighted by Crippen LogP contribution is 2.13.